The molecule has 1 N–H and O–H groups in total. The zero-order chi connectivity index (χ0) is 14.8. The van der Waals surface area contributed by atoms with Crippen molar-refractivity contribution in [3.63, 3.8) is 0 Å². The van der Waals surface area contributed by atoms with E-state index in [0.29, 0.717) is 43.9 Å². The summed E-state index contributed by atoms with van der Waals surface area (Å²) in [6.45, 7) is 4.53. The van der Waals surface area contributed by atoms with Gasteiger partial charge in [0.1, 0.15) is 11.8 Å². The lowest BCUT2D eigenvalue weighted by Crippen LogP contribution is -2.52. The van der Waals surface area contributed by atoms with Crippen LogP contribution < -0.4 is 10.2 Å². The van der Waals surface area contributed by atoms with Gasteiger partial charge in [-0.25, -0.2) is 14.8 Å². The first kappa shape index (κ1) is 13.6. The van der Waals surface area contributed by atoms with Crippen molar-refractivity contribution in [1.82, 2.24) is 20.2 Å². The van der Waals surface area contributed by atoms with E-state index in [-0.39, 0.29) is 6.03 Å². The number of hydrogen-bond donors (Lipinski definition) is 1. The number of amides is 2. The second-order valence-electron chi connectivity index (χ2n) is 5.50. The minimum atomic E-state index is 0.0278. The minimum absolute atomic E-state index is 0.0278. The topological polar surface area (TPSA) is 85.2 Å². The van der Waals surface area contributed by atoms with Gasteiger partial charge < -0.3 is 15.1 Å². The van der Waals surface area contributed by atoms with Gasteiger partial charge >= 0.3 is 6.03 Å². The molecule has 1 saturated heterocycles. The van der Waals surface area contributed by atoms with Crippen LogP contribution in [0, 0.1) is 18.3 Å². The van der Waals surface area contributed by atoms with Crippen molar-refractivity contribution >= 4 is 12.0 Å². The van der Waals surface area contributed by atoms with Crippen molar-refractivity contribution in [2.45, 2.75) is 25.8 Å². The normalized spacial score (nSPS) is 18.3. The zero-order valence-electron chi connectivity index (χ0n) is 12.0. The molecule has 21 heavy (non-hydrogen) atoms. The van der Waals surface area contributed by atoms with E-state index >= 15 is 0 Å². The van der Waals surface area contributed by atoms with Crippen LogP contribution in [0.2, 0.25) is 0 Å². The van der Waals surface area contributed by atoms with Crippen LogP contribution in [-0.4, -0.2) is 53.1 Å². The van der Waals surface area contributed by atoms with E-state index in [1.165, 1.54) is 0 Å². The van der Waals surface area contributed by atoms with Crippen molar-refractivity contribution in [2.24, 2.45) is 0 Å². The summed E-state index contributed by atoms with van der Waals surface area (Å²) in [4.78, 5) is 24.4. The van der Waals surface area contributed by atoms with Crippen molar-refractivity contribution < 1.29 is 4.79 Å². The number of piperazine rings is 1. The summed E-state index contributed by atoms with van der Waals surface area (Å²) < 4.78 is 0. The summed E-state index contributed by atoms with van der Waals surface area (Å²) in [6, 6.07) is 4.13. The molecule has 1 aliphatic carbocycles. The molecule has 1 saturated carbocycles. The Morgan fingerprint density at radius 2 is 2.05 bits per heavy atom. The van der Waals surface area contributed by atoms with Gasteiger partial charge in [0.25, 0.3) is 0 Å². The van der Waals surface area contributed by atoms with Gasteiger partial charge in [0.05, 0.1) is 0 Å². The summed E-state index contributed by atoms with van der Waals surface area (Å²) >= 11 is 0. The average Bonchev–Trinajstić information content (AvgIpc) is 3.30. The molecule has 1 aromatic heterocycles. The summed E-state index contributed by atoms with van der Waals surface area (Å²) in [6.07, 6.45) is 2.19. The Balaban J connectivity index is 1.61. The Bertz CT molecular complexity index is 584. The lowest BCUT2D eigenvalue weighted by atomic mass is 10.3. The third-order valence-corrected chi connectivity index (χ3v) is 3.71. The first-order valence-electron chi connectivity index (χ1n) is 7.22. The molecule has 1 aromatic rings. The molecule has 7 heteroatoms. The SMILES string of the molecule is Cc1cc(C#N)nc(N2CCN(C(=O)NC3CC3)CC2)n1. The number of nitrogens with zero attached hydrogens (tertiary/aromatic N) is 5. The number of aromatic nitrogens is 2. The molecule has 3 rings (SSSR count). The highest BCUT2D eigenvalue weighted by Crippen LogP contribution is 2.19. The first-order valence-corrected chi connectivity index (χ1v) is 7.22. The predicted molar refractivity (Wildman–Crippen MR) is 76.8 cm³/mol. The number of carbonyl (C=O) groups excluding carboxylic acids is 1. The third-order valence-electron chi connectivity index (χ3n) is 3.71. The lowest BCUT2D eigenvalue weighted by Gasteiger charge is -2.34. The quantitative estimate of drug-likeness (QED) is 0.863. The van der Waals surface area contributed by atoms with Crippen molar-refractivity contribution in [3.05, 3.63) is 17.5 Å². The predicted octanol–water partition coefficient (Wildman–Crippen LogP) is 0.651. The number of anilines is 1. The molecule has 110 valence electrons. The molecule has 7 nitrogen and oxygen atoms in total. The van der Waals surface area contributed by atoms with Crippen LogP contribution >= 0.6 is 0 Å². The van der Waals surface area contributed by atoms with Crippen LogP contribution in [0.1, 0.15) is 24.2 Å². The Hall–Kier alpha value is -2.36. The van der Waals surface area contributed by atoms with Crippen molar-refractivity contribution in [3.8, 4) is 6.07 Å². The second kappa shape index (κ2) is 5.56. The molecule has 0 bridgehead atoms. The van der Waals surface area contributed by atoms with E-state index in [2.05, 4.69) is 21.4 Å². The van der Waals surface area contributed by atoms with Gasteiger partial charge in [0.15, 0.2) is 0 Å². The fraction of sp³-hybridized carbons (Fsp3) is 0.571. The van der Waals surface area contributed by atoms with Gasteiger partial charge in [0.2, 0.25) is 5.95 Å². The molecule has 0 aromatic carbocycles. The fourth-order valence-corrected chi connectivity index (χ4v) is 2.35. The van der Waals surface area contributed by atoms with Crippen LogP contribution in [0.25, 0.3) is 0 Å². The average molecular weight is 286 g/mol. The van der Waals surface area contributed by atoms with E-state index in [9.17, 15) is 4.79 Å². The lowest BCUT2D eigenvalue weighted by molar-refractivity contribution is 0.193. The maximum atomic E-state index is 12.0. The third kappa shape index (κ3) is 3.21. The Labute approximate surface area is 123 Å². The summed E-state index contributed by atoms with van der Waals surface area (Å²) in [5.74, 6) is 0.578. The number of urea groups is 1. The second-order valence-corrected chi connectivity index (χ2v) is 5.50. The number of rotatable bonds is 2. The molecule has 2 aliphatic rings. The highest BCUT2D eigenvalue weighted by atomic mass is 16.2. The van der Waals surface area contributed by atoms with Gasteiger partial charge in [-0.3, -0.25) is 0 Å². The molecule has 2 amide bonds. The van der Waals surface area contributed by atoms with Gasteiger partial charge in [-0.15, -0.1) is 0 Å². The van der Waals surface area contributed by atoms with Crippen LogP contribution in [0.5, 0.6) is 0 Å². The van der Waals surface area contributed by atoms with Gasteiger partial charge in [0, 0.05) is 37.9 Å². The number of nitrogens with one attached hydrogen (secondary N) is 1. The summed E-state index contributed by atoms with van der Waals surface area (Å²) in [5.41, 5.74) is 1.16. The summed E-state index contributed by atoms with van der Waals surface area (Å²) in [5, 5.41) is 12.0. The Morgan fingerprint density at radius 3 is 2.67 bits per heavy atom. The summed E-state index contributed by atoms with van der Waals surface area (Å²) in [7, 11) is 0. The molecule has 0 atom stereocenters. The highest BCUT2D eigenvalue weighted by Gasteiger charge is 2.28. The smallest absolute Gasteiger partial charge is 0.317 e. The van der Waals surface area contributed by atoms with Crippen LogP contribution in [0.3, 0.4) is 0 Å². The molecular weight excluding hydrogens is 268 g/mol. The van der Waals surface area contributed by atoms with E-state index < -0.39 is 0 Å². The van der Waals surface area contributed by atoms with E-state index in [0.717, 1.165) is 18.5 Å². The standard InChI is InChI=1S/C14H18N6O/c1-10-8-12(9-15)17-13(16-10)19-4-6-20(7-5-19)14(21)18-11-2-3-11/h8,11H,2-7H2,1H3,(H,18,21). The van der Waals surface area contributed by atoms with Gasteiger partial charge in [-0.1, -0.05) is 0 Å². The largest absolute Gasteiger partial charge is 0.337 e. The molecule has 1 aliphatic heterocycles. The number of aryl methyl sites for hydroxylation is 1. The van der Waals surface area contributed by atoms with Crippen LogP contribution in [0.15, 0.2) is 6.07 Å². The maximum absolute atomic E-state index is 12.0. The van der Waals surface area contributed by atoms with Crippen molar-refractivity contribution in [2.75, 3.05) is 31.1 Å². The van der Waals surface area contributed by atoms with Crippen molar-refractivity contribution in [1.29, 1.82) is 5.26 Å². The first-order chi connectivity index (χ1) is 10.2. The molecule has 0 radical (unpaired) electrons. The Morgan fingerprint density at radius 1 is 1.33 bits per heavy atom. The van der Waals surface area contributed by atoms with E-state index in [1.54, 1.807) is 6.07 Å². The minimum Gasteiger partial charge on any atom is -0.337 e. The molecule has 0 spiro atoms. The Kier molecular flexibility index (Phi) is 3.60. The van der Waals surface area contributed by atoms with E-state index in [4.69, 9.17) is 5.26 Å². The van der Waals surface area contributed by atoms with Gasteiger partial charge in [-0.2, -0.15) is 5.26 Å². The molecule has 2 fully saturated rings. The number of nitriles is 1. The van der Waals surface area contributed by atoms with Gasteiger partial charge in [-0.05, 0) is 25.8 Å². The maximum Gasteiger partial charge on any atom is 0.317 e. The molecular formula is C14H18N6O. The zero-order valence-corrected chi connectivity index (χ0v) is 12.0. The highest BCUT2D eigenvalue weighted by molar-refractivity contribution is 5.75. The molecule has 2 heterocycles. The van der Waals surface area contributed by atoms with Crippen LogP contribution in [-0.2, 0) is 0 Å². The number of carbonyl (C=O) groups is 1. The number of hydrogen-bond acceptors (Lipinski definition) is 5. The monoisotopic (exact) mass is 286 g/mol. The van der Waals surface area contributed by atoms with Crippen LogP contribution in [0.4, 0.5) is 10.7 Å². The molecule has 0 unspecified atom stereocenters. The fourth-order valence-electron chi connectivity index (χ4n) is 2.35. The van der Waals surface area contributed by atoms with E-state index in [1.807, 2.05) is 16.7 Å².